The van der Waals surface area contributed by atoms with Crippen molar-refractivity contribution in [2.45, 2.75) is 0 Å². The maximum absolute atomic E-state index is 10.8. The first-order valence-corrected chi connectivity index (χ1v) is 3.94. The monoisotopic (exact) mass is 211 g/mol. The van der Waals surface area contributed by atoms with Crippen LogP contribution >= 0.6 is 0 Å². The van der Waals surface area contributed by atoms with E-state index in [1.165, 1.54) is 18.2 Å². The van der Waals surface area contributed by atoms with Gasteiger partial charge in [-0.2, -0.15) is 0 Å². The van der Waals surface area contributed by atoms with Crippen molar-refractivity contribution in [1.82, 2.24) is 0 Å². The zero-order valence-corrected chi connectivity index (χ0v) is 7.89. The second-order valence-electron chi connectivity index (χ2n) is 2.59. The summed E-state index contributed by atoms with van der Waals surface area (Å²) < 4.78 is 8.85. The molecular formula is C9H9NO5. The molecule has 80 valence electrons. The van der Waals surface area contributed by atoms with E-state index in [2.05, 4.69) is 9.47 Å². The SMILES string of the molecule is COC(=O)Oc1c(N)cccc1C(=O)O. The van der Waals surface area contributed by atoms with Crippen LogP contribution in [0, 0.1) is 0 Å². The molecule has 0 radical (unpaired) electrons. The minimum absolute atomic E-state index is 0.0558. The van der Waals surface area contributed by atoms with Gasteiger partial charge in [-0.3, -0.25) is 0 Å². The number of hydrogen-bond donors (Lipinski definition) is 2. The molecular weight excluding hydrogens is 202 g/mol. The first-order valence-electron chi connectivity index (χ1n) is 3.94. The van der Waals surface area contributed by atoms with Crippen molar-refractivity contribution in [1.29, 1.82) is 0 Å². The van der Waals surface area contributed by atoms with Crippen molar-refractivity contribution in [3.8, 4) is 5.75 Å². The Morgan fingerprint density at radius 1 is 1.40 bits per heavy atom. The molecule has 0 unspecified atom stereocenters. The van der Waals surface area contributed by atoms with E-state index in [1.54, 1.807) is 0 Å². The molecule has 3 N–H and O–H groups in total. The molecule has 0 saturated carbocycles. The number of ether oxygens (including phenoxy) is 2. The van der Waals surface area contributed by atoms with Crippen molar-refractivity contribution in [3.63, 3.8) is 0 Å². The quantitative estimate of drug-likeness (QED) is 0.432. The van der Waals surface area contributed by atoms with E-state index < -0.39 is 12.1 Å². The number of benzene rings is 1. The lowest BCUT2D eigenvalue weighted by atomic mass is 10.2. The Morgan fingerprint density at radius 2 is 2.07 bits per heavy atom. The number of nitrogen functional groups attached to an aromatic ring is 1. The summed E-state index contributed by atoms with van der Waals surface area (Å²) in [5, 5.41) is 8.79. The standard InChI is InChI=1S/C9H9NO5/c1-14-9(13)15-7-5(8(11)12)3-2-4-6(7)10/h2-4H,10H2,1H3,(H,11,12). The predicted octanol–water partition coefficient (Wildman–Crippen LogP) is 1.11. The van der Waals surface area contributed by atoms with Crippen molar-refractivity contribution >= 4 is 17.8 Å². The van der Waals surface area contributed by atoms with Crippen LogP contribution in [-0.2, 0) is 4.74 Å². The minimum Gasteiger partial charge on any atom is -0.478 e. The lowest BCUT2D eigenvalue weighted by Gasteiger charge is -2.08. The number of anilines is 1. The first-order chi connectivity index (χ1) is 7.06. The number of para-hydroxylation sites is 1. The lowest BCUT2D eigenvalue weighted by Crippen LogP contribution is -2.12. The molecule has 0 aliphatic carbocycles. The highest BCUT2D eigenvalue weighted by Crippen LogP contribution is 2.26. The maximum atomic E-state index is 10.8. The zero-order valence-electron chi connectivity index (χ0n) is 7.89. The van der Waals surface area contributed by atoms with Crippen LogP contribution in [-0.4, -0.2) is 24.3 Å². The van der Waals surface area contributed by atoms with Crippen molar-refractivity contribution in [2.24, 2.45) is 0 Å². The number of carbonyl (C=O) groups excluding carboxylic acids is 1. The number of nitrogens with two attached hydrogens (primary N) is 1. The number of carboxylic acids is 1. The highest BCUT2D eigenvalue weighted by Gasteiger charge is 2.17. The van der Waals surface area contributed by atoms with Crippen molar-refractivity contribution in [3.05, 3.63) is 23.8 Å². The van der Waals surface area contributed by atoms with E-state index >= 15 is 0 Å². The molecule has 0 aliphatic rings. The summed E-state index contributed by atoms with van der Waals surface area (Å²) in [4.78, 5) is 21.6. The molecule has 0 heterocycles. The molecule has 1 rings (SSSR count). The highest BCUT2D eigenvalue weighted by atomic mass is 16.7. The molecule has 6 nitrogen and oxygen atoms in total. The number of carboxylic acid groups (broad SMARTS) is 1. The summed E-state index contributed by atoms with van der Waals surface area (Å²) >= 11 is 0. The van der Waals surface area contributed by atoms with Gasteiger partial charge >= 0.3 is 12.1 Å². The Hall–Kier alpha value is -2.24. The highest BCUT2D eigenvalue weighted by molar-refractivity contribution is 5.94. The van der Waals surface area contributed by atoms with E-state index in [4.69, 9.17) is 10.8 Å². The predicted molar refractivity (Wildman–Crippen MR) is 50.8 cm³/mol. The van der Waals surface area contributed by atoms with Gasteiger partial charge in [0.15, 0.2) is 5.75 Å². The fourth-order valence-electron chi connectivity index (χ4n) is 0.962. The van der Waals surface area contributed by atoms with Crippen LogP contribution in [0.5, 0.6) is 5.75 Å². The van der Waals surface area contributed by atoms with Crippen LogP contribution in [0.3, 0.4) is 0 Å². The van der Waals surface area contributed by atoms with Gasteiger partial charge in [0, 0.05) is 0 Å². The molecule has 6 heteroatoms. The number of hydrogen-bond acceptors (Lipinski definition) is 5. The third-order valence-corrected chi connectivity index (χ3v) is 1.63. The number of rotatable bonds is 2. The maximum Gasteiger partial charge on any atom is 0.513 e. The number of methoxy groups -OCH3 is 1. The third kappa shape index (κ3) is 2.37. The molecule has 1 aromatic carbocycles. The van der Waals surface area contributed by atoms with Crippen molar-refractivity contribution in [2.75, 3.05) is 12.8 Å². The van der Waals surface area contributed by atoms with E-state index in [9.17, 15) is 9.59 Å². The molecule has 0 bridgehead atoms. The normalized spacial score (nSPS) is 9.40. The van der Waals surface area contributed by atoms with Gasteiger partial charge in [0.05, 0.1) is 12.8 Å². The lowest BCUT2D eigenvalue weighted by molar-refractivity contribution is 0.0692. The Labute approximate surface area is 85.2 Å². The van der Waals surface area contributed by atoms with Crippen LogP contribution in [0.15, 0.2) is 18.2 Å². The molecule has 0 saturated heterocycles. The van der Waals surface area contributed by atoms with E-state index in [-0.39, 0.29) is 17.0 Å². The number of aromatic carboxylic acids is 1. The Bertz CT molecular complexity index is 401. The van der Waals surface area contributed by atoms with E-state index in [0.717, 1.165) is 7.11 Å². The molecule has 0 spiro atoms. The van der Waals surface area contributed by atoms with Gasteiger partial charge in [0.2, 0.25) is 0 Å². The molecule has 1 aromatic rings. The molecule has 0 amide bonds. The average Bonchev–Trinajstić information content (AvgIpc) is 2.20. The zero-order chi connectivity index (χ0) is 11.4. The van der Waals surface area contributed by atoms with Gasteiger partial charge in [-0.05, 0) is 12.1 Å². The van der Waals surface area contributed by atoms with Crippen LogP contribution in [0.1, 0.15) is 10.4 Å². The summed E-state index contributed by atoms with van der Waals surface area (Å²) in [5.41, 5.74) is 5.33. The van der Waals surface area contributed by atoms with Crippen molar-refractivity contribution < 1.29 is 24.2 Å². The Morgan fingerprint density at radius 3 is 2.60 bits per heavy atom. The van der Waals surface area contributed by atoms with Gasteiger partial charge in [-0.15, -0.1) is 0 Å². The molecule has 0 fully saturated rings. The van der Waals surface area contributed by atoms with Gasteiger partial charge < -0.3 is 20.3 Å². The fraction of sp³-hybridized carbons (Fsp3) is 0.111. The van der Waals surface area contributed by atoms with Gasteiger partial charge in [0.1, 0.15) is 5.56 Å². The summed E-state index contributed by atoms with van der Waals surface area (Å²) in [5.74, 6) is -1.45. The van der Waals surface area contributed by atoms with E-state index in [0.29, 0.717) is 0 Å². The number of carbonyl (C=O) groups is 2. The van der Waals surface area contributed by atoms with E-state index in [1.807, 2.05) is 0 Å². The average molecular weight is 211 g/mol. The molecule has 15 heavy (non-hydrogen) atoms. The van der Waals surface area contributed by atoms with Gasteiger partial charge in [-0.25, -0.2) is 9.59 Å². The smallest absolute Gasteiger partial charge is 0.478 e. The second-order valence-corrected chi connectivity index (χ2v) is 2.59. The molecule has 0 aliphatic heterocycles. The molecule has 0 aromatic heterocycles. The summed E-state index contributed by atoms with van der Waals surface area (Å²) in [6, 6.07) is 4.14. The van der Waals surface area contributed by atoms with Gasteiger partial charge in [0.25, 0.3) is 0 Å². The summed E-state index contributed by atoms with van der Waals surface area (Å²) in [6.07, 6.45) is -1.02. The third-order valence-electron chi connectivity index (χ3n) is 1.63. The van der Waals surface area contributed by atoms with Gasteiger partial charge in [-0.1, -0.05) is 6.07 Å². The fourth-order valence-corrected chi connectivity index (χ4v) is 0.962. The Balaban J connectivity index is 3.13. The summed E-state index contributed by atoms with van der Waals surface area (Å²) in [6.45, 7) is 0. The topological polar surface area (TPSA) is 98.9 Å². The second kappa shape index (κ2) is 4.32. The van der Waals surface area contributed by atoms with Crippen LogP contribution in [0.2, 0.25) is 0 Å². The van der Waals surface area contributed by atoms with Crippen LogP contribution in [0.25, 0.3) is 0 Å². The largest absolute Gasteiger partial charge is 0.513 e. The minimum atomic E-state index is -1.23. The van der Waals surface area contributed by atoms with Crippen LogP contribution in [0.4, 0.5) is 10.5 Å². The van der Waals surface area contributed by atoms with Crippen LogP contribution < -0.4 is 10.5 Å². The first kappa shape index (κ1) is 10.8. The molecule has 0 atom stereocenters. The Kier molecular flexibility index (Phi) is 3.12. The summed E-state index contributed by atoms with van der Waals surface area (Å²) in [7, 11) is 1.11.